The first kappa shape index (κ1) is 19.2. The molecular weight excluding hydrogens is 411 g/mol. The second-order valence-electron chi connectivity index (χ2n) is 5.37. The SMILES string of the molecule is COc1c(Cl)cc(/C=N\NC(=O)c2ccc3[nH]c(=S)[nH]c3c2)c(OC)c1Cl. The lowest BCUT2D eigenvalue weighted by Gasteiger charge is -2.12. The summed E-state index contributed by atoms with van der Waals surface area (Å²) in [5.41, 5.74) is 4.89. The number of hydrogen-bond donors (Lipinski definition) is 3. The molecule has 0 atom stereocenters. The van der Waals surface area contributed by atoms with Crippen LogP contribution in [0.15, 0.2) is 29.4 Å². The Morgan fingerprint density at radius 1 is 1.15 bits per heavy atom. The number of imidazole rings is 1. The first-order valence-electron chi connectivity index (χ1n) is 7.60. The first-order chi connectivity index (χ1) is 12.9. The number of amides is 1. The molecule has 0 radical (unpaired) electrons. The molecule has 10 heteroatoms. The number of methoxy groups -OCH3 is 2. The van der Waals surface area contributed by atoms with Gasteiger partial charge in [-0.3, -0.25) is 4.79 Å². The van der Waals surface area contributed by atoms with Gasteiger partial charge in [0, 0.05) is 11.1 Å². The molecule has 0 aliphatic rings. The normalized spacial score (nSPS) is 11.1. The lowest BCUT2D eigenvalue weighted by Crippen LogP contribution is -2.17. The zero-order chi connectivity index (χ0) is 19.6. The van der Waals surface area contributed by atoms with Crippen molar-refractivity contribution >= 4 is 58.6 Å². The van der Waals surface area contributed by atoms with Gasteiger partial charge in [-0.25, -0.2) is 5.43 Å². The Bertz CT molecular complexity index is 1110. The highest BCUT2D eigenvalue weighted by Crippen LogP contribution is 2.41. The molecule has 0 aliphatic carbocycles. The van der Waals surface area contributed by atoms with Crippen LogP contribution in [-0.4, -0.2) is 36.3 Å². The average Bonchev–Trinajstić information content (AvgIpc) is 3.01. The summed E-state index contributed by atoms with van der Waals surface area (Å²) < 4.78 is 10.9. The van der Waals surface area contributed by atoms with Gasteiger partial charge in [0.1, 0.15) is 10.8 Å². The van der Waals surface area contributed by atoms with Gasteiger partial charge < -0.3 is 19.4 Å². The largest absolute Gasteiger partial charge is 0.494 e. The van der Waals surface area contributed by atoms with Gasteiger partial charge in [-0.05, 0) is 36.5 Å². The maximum atomic E-state index is 12.3. The Balaban J connectivity index is 1.82. The van der Waals surface area contributed by atoms with Gasteiger partial charge in [0.05, 0.1) is 36.5 Å². The fraction of sp³-hybridized carbons (Fsp3) is 0.118. The highest BCUT2D eigenvalue weighted by molar-refractivity contribution is 7.71. The molecule has 1 heterocycles. The molecule has 0 saturated heterocycles. The number of carbonyl (C=O) groups excluding carboxylic acids is 1. The summed E-state index contributed by atoms with van der Waals surface area (Å²) >= 11 is 17.4. The van der Waals surface area contributed by atoms with Crippen LogP contribution in [0.3, 0.4) is 0 Å². The van der Waals surface area contributed by atoms with Crippen LogP contribution in [-0.2, 0) is 0 Å². The molecule has 3 N–H and O–H groups in total. The topological polar surface area (TPSA) is 91.5 Å². The summed E-state index contributed by atoms with van der Waals surface area (Å²) in [6, 6.07) is 6.67. The summed E-state index contributed by atoms with van der Waals surface area (Å²) in [7, 11) is 2.91. The summed E-state index contributed by atoms with van der Waals surface area (Å²) in [5, 5.41) is 4.46. The van der Waals surface area contributed by atoms with Crippen molar-refractivity contribution in [1.29, 1.82) is 0 Å². The fourth-order valence-corrected chi connectivity index (χ4v) is 3.41. The lowest BCUT2D eigenvalue weighted by molar-refractivity contribution is 0.0955. The lowest BCUT2D eigenvalue weighted by atomic mass is 10.2. The van der Waals surface area contributed by atoms with E-state index in [9.17, 15) is 4.79 Å². The van der Waals surface area contributed by atoms with E-state index in [0.29, 0.717) is 32.4 Å². The van der Waals surface area contributed by atoms with E-state index in [2.05, 4.69) is 20.5 Å². The summed E-state index contributed by atoms with van der Waals surface area (Å²) in [5.74, 6) is 0.240. The van der Waals surface area contributed by atoms with Crippen molar-refractivity contribution in [2.45, 2.75) is 0 Å². The van der Waals surface area contributed by atoms with E-state index < -0.39 is 5.91 Å². The molecule has 0 saturated carbocycles. The monoisotopic (exact) mass is 424 g/mol. The average molecular weight is 425 g/mol. The van der Waals surface area contributed by atoms with Crippen molar-refractivity contribution in [3.8, 4) is 11.5 Å². The number of hydrogen-bond acceptors (Lipinski definition) is 5. The van der Waals surface area contributed by atoms with Crippen LogP contribution >= 0.6 is 35.4 Å². The van der Waals surface area contributed by atoms with E-state index in [1.807, 2.05) is 0 Å². The van der Waals surface area contributed by atoms with E-state index in [1.165, 1.54) is 20.4 Å². The quantitative estimate of drug-likeness (QED) is 0.323. The van der Waals surface area contributed by atoms with Crippen LogP contribution in [0.1, 0.15) is 15.9 Å². The molecule has 0 aliphatic heterocycles. The summed E-state index contributed by atoms with van der Waals surface area (Å²) in [4.78, 5) is 18.2. The van der Waals surface area contributed by atoms with Crippen LogP contribution in [0, 0.1) is 4.77 Å². The van der Waals surface area contributed by atoms with Crippen molar-refractivity contribution in [2.24, 2.45) is 5.10 Å². The van der Waals surface area contributed by atoms with Crippen LogP contribution in [0.5, 0.6) is 11.5 Å². The van der Waals surface area contributed by atoms with Crippen molar-refractivity contribution in [3.05, 3.63) is 50.2 Å². The molecule has 27 heavy (non-hydrogen) atoms. The minimum atomic E-state index is -0.390. The zero-order valence-corrected chi connectivity index (χ0v) is 16.6. The number of nitrogens with one attached hydrogen (secondary N) is 3. The molecule has 1 aromatic heterocycles. The third-order valence-electron chi connectivity index (χ3n) is 3.72. The number of nitrogens with zero attached hydrogens (tertiary/aromatic N) is 1. The van der Waals surface area contributed by atoms with Crippen molar-refractivity contribution in [3.63, 3.8) is 0 Å². The predicted octanol–water partition coefficient (Wildman–Crippen LogP) is 4.31. The third-order valence-corrected chi connectivity index (χ3v) is 4.54. The molecule has 0 spiro atoms. The van der Waals surface area contributed by atoms with Crippen LogP contribution < -0.4 is 14.9 Å². The number of halogens is 2. The van der Waals surface area contributed by atoms with E-state index in [1.54, 1.807) is 24.3 Å². The number of fused-ring (bicyclic) bond motifs is 1. The third kappa shape index (κ3) is 3.92. The number of ether oxygens (including phenoxy) is 2. The number of benzene rings is 2. The van der Waals surface area contributed by atoms with Gasteiger partial charge in [0.15, 0.2) is 10.5 Å². The molecule has 1 amide bonds. The van der Waals surface area contributed by atoms with Crippen molar-refractivity contribution < 1.29 is 14.3 Å². The molecular formula is C17H14Cl2N4O3S. The smallest absolute Gasteiger partial charge is 0.271 e. The predicted molar refractivity (Wildman–Crippen MR) is 108 cm³/mol. The Morgan fingerprint density at radius 2 is 1.85 bits per heavy atom. The molecule has 0 bridgehead atoms. The minimum absolute atomic E-state index is 0.216. The van der Waals surface area contributed by atoms with E-state index in [4.69, 9.17) is 44.9 Å². The molecule has 0 unspecified atom stereocenters. The van der Waals surface area contributed by atoms with Gasteiger partial charge in [-0.2, -0.15) is 5.10 Å². The second kappa shape index (κ2) is 7.99. The number of rotatable bonds is 5. The van der Waals surface area contributed by atoms with Crippen molar-refractivity contribution in [1.82, 2.24) is 15.4 Å². The zero-order valence-electron chi connectivity index (χ0n) is 14.2. The van der Waals surface area contributed by atoms with Gasteiger partial charge in [-0.15, -0.1) is 0 Å². The van der Waals surface area contributed by atoms with Gasteiger partial charge in [-0.1, -0.05) is 23.2 Å². The molecule has 0 fully saturated rings. The van der Waals surface area contributed by atoms with Crippen molar-refractivity contribution in [2.75, 3.05) is 14.2 Å². The molecule has 3 rings (SSSR count). The number of H-pyrrole nitrogens is 2. The van der Waals surface area contributed by atoms with Gasteiger partial charge in [0.25, 0.3) is 5.91 Å². The maximum Gasteiger partial charge on any atom is 0.271 e. The number of hydrazone groups is 1. The van der Waals surface area contributed by atoms with Crippen LogP contribution in [0.4, 0.5) is 0 Å². The highest BCUT2D eigenvalue weighted by atomic mass is 35.5. The second-order valence-corrected chi connectivity index (χ2v) is 6.56. The first-order valence-corrected chi connectivity index (χ1v) is 8.76. The Kier molecular flexibility index (Phi) is 5.69. The van der Waals surface area contributed by atoms with Gasteiger partial charge in [0.2, 0.25) is 0 Å². The highest BCUT2D eigenvalue weighted by Gasteiger charge is 2.16. The fourth-order valence-electron chi connectivity index (χ4n) is 2.49. The van der Waals surface area contributed by atoms with Crippen LogP contribution in [0.2, 0.25) is 10.0 Å². The number of carbonyl (C=O) groups is 1. The molecule has 7 nitrogen and oxygen atoms in total. The molecule has 140 valence electrons. The maximum absolute atomic E-state index is 12.3. The summed E-state index contributed by atoms with van der Waals surface area (Å²) in [6.45, 7) is 0. The summed E-state index contributed by atoms with van der Waals surface area (Å²) in [6.07, 6.45) is 1.39. The van der Waals surface area contributed by atoms with Crippen LogP contribution in [0.25, 0.3) is 11.0 Å². The number of aromatic amines is 2. The van der Waals surface area contributed by atoms with E-state index in [0.717, 1.165) is 11.0 Å². The standard InChI is InChI=1S/C17H14Cl2N4O3S/c1-25-14-9(5-10(18)15(26-2)13(14)19)7-20-23-16(24)8-3-4-11-12(6-8)22-17(27)21-11/h3-7H,1-2H3,(H,23,24)(H2,21,22,27)/b20-7-. The molecule has 3 aromatic rings. The molecule has 2 aromatic carbocycles. The Hall–Kier alpha value is -2.55. The number of aromatic nitrogens is 2. The minimum Gasteiger partial charge on any atom is -0.494 e. The van der Waals surface area contributed by atoms with E-state index in [-0.39, 0.29) is 5.02 Å². The van der Waals surface area contributed by atoms with E-state index >= 15 is 0 Å². The Morgan fingerprint density at radius 3 is 2.56 bits per heavy atom. The Labute approximate surface area is 169 Å². The van der Waals surface area contributed by atoms with Gasteiger partial charge >= 0.3 is 0 Å².